The highest BCUT2D eigenvalue weighted by molar-refractivity contribution is 8.16. The van der Waals surface area contributed by atoms with E-state index in [1.807, 2.05) is 28.4 Å². The molecule has 1 aliphatic rings. The summed E-state index contributed by atoms with van der Waals surface area (Å²) in [6, 6.07) is -3.61. The number of urea groups is 1. The van der Waals surface area contributed by atoms with E-state index in [-0.39, 0.29) is 18.7 Å². The summed E-state index contributed by atoms with van der Waals surface area (Å²) in [6.07, 6.45) is 2.55. The molecule has 3 amide bonds. The fourth-order valence-corrected chi connectivity index (χ4v) is 5.28. The van der Waals surface area contributed by atoms with Gasteiger partial charge in [-0.2, -0.15) is 0 Å². The van der Waals surface area contributed by atoms with Gasteiger partial charge in [-0.3, -0.25) is 9.59 Å². The van der Waals surface area contributed by atoms with E-state index in [1.165, 1.54) is 0 Å². The zero-order valence-corrected chi connectivity index (χ0v) is 20.1. The molecule has 33 heavy (non-hydrogen) atoms. The van der Waals surface area contributed by atoms with Crippen molar-refractivity contribution in [2.75, 3.05) is 29.7 Å². The number of hydrogen-bond acceptors (Lipinski definition) is 7. The van der Waals surface area contributed by atoms with Crippen LogP contribution >= 0.6 is 23.5 Å². The van der Waals surface area contributed by atoms with E-state index in [0.29, 0.717) is 25.7 Å². The number of aliphatic carboxylic acids is 3. The fourth-order valence-electron chi connectivity index (χ4n) is 3.16. The second kappa shape index (κ2) is 16.5. The highest BCUT2D eigenvalue weighted by Gasteiger charge is 2.24. The number of carbonyl (C=O) groups is 5. The van der Waals surface area contributed by atoms with Crippen LogP contribution in [-0.2, 0) is 19.2 Å². The van der Waals surface area contributed by atoms with E-state index >= 15 is 0 Å². The number of carbonyl (C=O) groups excluding carboxylic acids is 2. The van der Waals surface area contributed by atoms with Crippen molar-refractivity contribution < 1.29 is 39.3 Å². The number of carboxylic acids is 3. The van der Waals surface area contributed by atoms with Crippen LogP contribution in [0.25, 0.3) is 0 Å². The molecule has 0 aromatic rings. The third-order valence-electron chi connectivity index (χ3n) is 5.02. The Balaban J connectivity index is 2.30. The lowest BCUT2D eigenvalue weighted by atomic mass is 10.1. The van der Waals surface area contributed by atoms with Crippen molar-refractivity contribution in [3.05, 3.63) is 0 Å². The van der Waals surface area contributed by atoms with Gasteiger partial charge in [-0.15, -0.1) is 23.5 Å². The summed E-state index contributed by atoms with van der Waals surface area (Å²) in [5.74, 6) is -1.80. The first-order valence-electron chi connectivity index (χ1n) is 10.9. The van der Waals surface area contributed by atoms with Crippen LogP contribution in [-0.4, -0.2) is 91.8 Å². The van der Waals surface area contributed by atoms with E-state index in [1.54, 1.807) is 0 Å². The van der Waals surface area contributed by atoms with Crippen LogP contribution < -0.4 is 10.6 Å². The van der Waals surface area contributed by atoms with Gasteiger partial charge < -0.3 is 30.9 Å². The Kier molecular flexibility index (Phi) is 14.4. The second-order valence-electron chi connectivity index (χ2n) is 7.60. The largest absolute Gasteiger partial charge is 0.481 e. The van der Waals surface area contributed by atoms with E-state index in [4.69, 9.17) is 10.2 Å². The minimum atomic E-state index is -1.43. The molecule has 0 saturated carbocycles. The lowest BCUT2D eigenvalue weighted by Crippen LogP contribution is -2.51. The predicted molar refractivity (Wildman–Crippen MR) is 125 cm³/mol. The Hall–Kier alpha value is -2.15. The molecule has 0 aromatic heterocycles. The first-order valence-corrected chi connectivity index (χ1v) is 13.2. The Labute approximate surface area is 201 Å². The van der Waals surface area contributed by atoms with Crippen molar-refractivity contribution in [1.29, 1.82) is 0 Å². The molecule has 0 spiro atoms. The maximum absolute atomic E-state index is 12.3. The lowest BCUT2D eigenvalue weighted by Gasteiger charge is -2.24. The predicted octanol–water partition coefficient (Wildman–Crippen LogP) is 1.66. The summed E-state index contributed by atoms with van der Waals surface area (Å²) in [7, 11) is 0. The summed E-state index contributed by atoms with van der Waals surface area (Å²) in [4.78, 5) is 59.4. The van der Waals surface area contributed by atoms with E-state index in [9.17, 15) is 29.1 Å². The molecule has 0 radical (unpaired) electrons. The molecular weight excluding hydrogens is 474 g/mol. The summed E-state index contributed by atoms with van der Waals surface area (Å²) >= 11 is 3.67. The first-order chi connectivity index (χ1) is 15.7. The van der Waals surface area contributed by atoms with E-state index < -0.39 is 42.4 Å². The molecule has 5 N–H and O–H groups in total. The molecule has 13 heteroatoms. The number of nitrogens with zero attached hydrogens (tertiary/aromatic N) is 1. The van der Waals surface area contributed by atoms with E-state index in [2.05, 4.69) is 10.6 Å². The molecule has 188 valence electrons. The zero-order valence-electron chi connectivity index (χ0n) is 18.5. The normalized spacial score (nSPS) is 16.1. The van der Waals surface area contributed by atoms with Gasteiger partial charge in [-0.25, -0.2) is 14.4 Å². The molecule has 1 rings (SSSR count). The van der Waals surface area contributed by atoms with Crippen molar-refractivity contribution in [2.24, 2.45) is 0 Å². The minimum Gasteiger partial charge on any atom is -0.481 e. The van der Waals surface area contributed by atoms with Crippen molar-refractivity contribution in [1.82, 2.24) is 15.5 Å². The standard InChI is InChI=1S/C20H33N3O8S2/c24-16(23-9-11-32-13-33-12-10-23)6-4-2-1-3-5-14(18(27)28)21-20(31)22-15(19(29)30)7-8-17(25)26/h14-15H,1-13H2,(H,25,26)(H,27,28)(H,29,30)(H2,21,22,31)/t14-,15-/m0/s1. The first kappa shape index (κ1) is 28.9. The molecule has 0 aliphatic carbocycles. The maximum Gasteiger partial charge on any atom is 0.326 e. The summed E-state index contributed by atoms with van der Waals surface area (Å²) in [5, 5.41) is 32.4. The molecule has 1 aliphatic heterocycles. The van der Waals surface area contributed by atoms with Crippen LogP contribution in [0.15, 0.2) is 0 Å². The van der Waals surface area contributed by atoms with Gasteiger partial charge in [0.2, 0.25) is 5.91 Å². The molecule has 1 fully saturated rings. The van der Waals surface area contributed by atoms with Gasteiger partial charge in [0, 0.05) is 42.5 Å². The molecule has 1 saturated heterocycles. The molecule has 0 aromatic carbocycles. The zero-order chi connectivity index (χ0) is 24.6. The van der Waals surface area contributed by atoms with Crippen LogP contribution in [0.5, 0.6) is 0 Å². The SMILES string of the molecule is O=C(O)CC[C@H](NC(=O)N[C@@H](CCCCCCC(=O)N1CCSCSCC1)C(=O)O)C(=O)O. The second-order valence-corrected chi connectivity index (χ2v) is 10.2. The number of carboxylic acid groups (broad SMARTS) is 3. The van der Waals surface area contributed by atoms with Crippen LogP contribution in [0.2, 0.25) is 0 Å². The third kappa shape index (κ3) is 13.2. The molecule has 1 heterocycles. The van der Waals surface area contributed by atoms with E-state index in [0.717, 1.165) is 36.1 Å². The average Bonchev–Trinajstić information content (AvgIpc) is 2.71. The third-order valence-corrected chi connectivity index (χ3v) is 7.29. The highest BCUT2D eigenvalue weighted by Crippen LogP contribution is 2.17. The van der Waals surface area contributed by atoms with Gasteiger partial charge in [-0.05, 0) is 19.3 Å². The summed E-state index contributed by atoms with van der Waals surface area (Å²) in [5.41, 5.74) is 0. The number of amides is 3. The van der Waals surface area contributed by atoms with Gasteiger partial charge >= 0.3 is 23.9 Å². The lowest BCUT2D eigenvalue weighted by molar-refractivity contribution is -0.141. The Bertz CT molecular complexity index is 672. The number of thioether (sulfide) groups is 2. The Morgan fingerprint density at radius 2 is 1.30 bits per heavy atom. The Morgan fingerprint density at radius 3 is 1.85 bits per heavy atom. The van der Waals surface area contributed by atoms with Crippen molar-refractivity contribution in [2.45, 2.75) is 63.5 Å². The molecule has 0 bridgehead atoms. The van der Waals surface area contributed by atoms with Crippen LogP contribution in [0.1, 0.15) is 51.4 Å². The molecular formula is C20H33N3O8S2. The molecule has 11 nitrogen and oxygen atoms in total. The topological polar surface area (TPSA) is 173 Å². The monoisotopic (exact) mass is 507 g/mol. The summed E-state index contributed by atoms with van der Waals surface area (Å²) in [6.45, 7) is 1.55. The van der Waals surface area contributed by atoms with Crippen LogP contribution in [0.4, 0.5) is 4.79 Å². The molecule has 0 unspecified atom stereocenters. The number of unbranched alkanes of at least 4 members (excludes halogenated alkanes) is 3. The van der Waals surface area contributed by atoms with Gasteiger partial charge in [-0.1, -0.05) is 19.3 Å². The minimum absolute atomic E-state index is 0.149. The van der Waals surface area contributed by atoms with Crippen LogP contribution in [0, 0.1) is 0 Å². The molecule has 2 atom stereocenters. The van der Waals surface area contributed by atoms with Crippen molar-refractivity contribution >= 4 is 53.4 Å². The average molecular weight is 508 g/mol. The van der Waals surface area contributed by atoms with Crippen molar-refractivity contribution in [3.8, 4) is 0 Å². The number of rotatable bonds is 14. The Morgan fingerprint density at radius 1 is 0.758 bits per heavy atom. The highest BCUT2D eigenvalue weighted by atomic mass is 32.2. The maximum atomic E-state index is 12.3. The summed E-state index contributed by atoms with van der Waals surface area (Å²) < 4.78 is 0. The van der Waals surface area contributed by atoms with Gasteiger partial charge in [0.15, 0.2) is 0 Å². The smallest absolute Gasteiger partial charge is 0.326 e. The number of hydrogen-bond donors (Lipinski definition) is 5. The van der Waals surface area contributed by atoms with Gasteiger partial charge in [0.25, 0.3) is 0 Å². The van der Waals surface area contributed by atoms with Crippen molar-refractivity contribution in [3.63, 3.8) is 0 Å². The number of nitrogens with one attached hydrogen (secondary N) is 2. The van der Waals surface area contributed by atoms with Gasteiger partial charge in [0.1, 0.15) is 12.1 Å². The van der Waals surface area contributed by atoms with Crippen LogP contribution in [0.3, 0.4) is 0 Å². The van der Waals surface area contributed by atoms with Gasteiger partial charge in [0.05, 0.1) is 0 Å². The fraction of sp³-hybridized carbons (Fsp3) is 0.750. The quantitative estimate of drug-likeness (QED) is 0.218.